The van der Waals surface area contributed by atoms with Crippen molar-refractivity contribution in [3.8, 4) is 11.3 Å². The Morgan fingerprint density at radius 1 is 1.08 bits per heavy atom. The average molecular weight is 340 g/mol. The van der Waals surface area contributed by atoms with Crippen molar-refractivity contribution in [2.75, 3.05) is 11.9 Å². The maximum atomic E-state index is 10.2. The highest BCUT2D eigenvalue weighted by atomic mass is 35.5. The third-order valence-electron chi connectivity index (χ3n) is 3.80. The summed E-state index contributed by atoms with van der Waals surface area (Å²) in [6.07, 6.45) is 0.902. The maximum absolute atomic E-state index is 10.2. The summed E-state index contributed by atoms with van der Waals surface area (Å²) in [6.45, 7) is 2.33. The third kappa shape index (κ3) is 3.91. The Bertz CT molecular complexity index is 824. The SMILES string of the molecule is Cc1ccc(-c2cc(NCC(O)c3ccccc3)ncn2)cc1Cl. The van der Waals surface area contributed by atoms with E-state index in [2.05, 4.69) is 15.3 Å². The van der Waals surface area contributed by atoms with Crippen LogP contribution in [0, 0.1) is 6.92 Å². The number of hydrogen-bond acceptors (Lipinski definition) is 4. The smallest absolute Gasteiger partial charge is 0.130 e. The van der Waals surface area contributed by atoms with Gasteiger partial charge in [-0.25, -0.2) is 9.97 Å². The molecule has 0 saturated carbocycles. The number of rotatable bonds is 5. The number of benzene rings is 2. The van der Waals surface area contributed by atoms with Gasteiger partial charge in [-0.15, -0.1) is 0 Å². The van der Waals surface area contributed by atoms with Gasteiger partial charge in [-0.2, -0.15) is 0 Å². The normalized spacial score (nSPS) is 12.0. The largest absolute Gasteiger partial charge is 0.387 e. The lowest BCUT2D eigenvalue weighted by atomic mass is 10.1. The second-order valence-corrected chi connectivity index (χ2v) is 5.97. The topological polar surface area (TPSA) is 58.0 Å². The number of aromatic nitrogens is 2. The summed E-state index contributed by atoms with van der Waals surface area (Å²) in [5, 5.41) is 14.1. The molecule has 0 aliphatic rings. The van der Waals surface area contributed by atoms with E-state index in [1.807, 2.05) is 61.5 Å². The lowest BCUT2D eigenvalue weighted by Gasteiger charge is -2.13. The van der Waals surface area contributed by atoms with Crippen molar-refractivity contribution in [1.29, 1.82) is 0 Å². The molecule has 1 atom stereocenters. The van der Waals surface area contributed by atoms with Gasteiger partial charge in [0.05, 0.1) is 11.8 Å². The third-order valence-corrected chi connectivity index (χ3v) is 4.20. The molecule has 2 aromatic carbocycles. The molecule has 4 nitrogen and oxygen atoms in total. The molecule has 1 unspecified atom stereocenters. The maximum Gasteiger partial charge on any atom is 0.130 e. The lowest BCUT2D eigenvalue weighted by Crippen LogP contribution is -2.13. The zero-order valence-corrected chi connectivity index (χ0v) is 14.0. The fraction of sp³-hybridized carbons (Fsp3) is 0.158. The van der Waals surface area contributed by atoms with Crippen LogP contribution < -0.4 is 5.32 Å². The van der Waals surface area contributed by atoms with Crippen LogP contribution in [0.4, 0.5) is 5.82 Å². The molecule has 24 heavy (non-hydrogen) atoms. The van der Waals surface area contributed by atoms with Crippen LogP contribution in [0.1, 0.15) is 17.2 Å². The minimum absolute atomic E-state index is 0.370. The first kappa shape index (κ1) is 16.4. The van der Waals surface area contributed by atoms with Crippen LogP contribution in [-0.2, 0) is 0 Å². The first-order chi connectivity index (χ1) is 11.6. The average Bonchev–Trinajstić information content (AvgIpc) is 2.63. The van der Waals surface area contributed by atoms with E-state index in [4.69, 9.17) is 11.6 Å². The Labute approximate surface area is 146 Å². The van der Waals surface area contributed by atoms with Crippen molar-refractivity contribution in [3.05, 3.63) is 77.1 Å². The van der Waals surface area contributed by atoms with Crippen molar-refractivity contribution in [2.45, 2.75) is 13.0 Å². The van der Waals surface area contributed by atoms with Crippen LogP contribution in [0.2, 0.25) is 5.02 Å². The molecule has 1 heterocycles. The number of aliphatic hydroxyl groups is 1. The van der Waals surface area contributed by atoms with Crippen molar-refractivity contribution in [3.63, 3.8) is 0 Å². The molecule has 0 aliphatic heterocycles. The second kappa shape index (κ2) is 7.43. The molecule has 1 aromatic heterocycles. The van der Waals surface area contributed by atoms with Gasteiger partial charge < -0.3 is 10.4 Å². The van der Waals surface area contributed by atoms with Gasteiger partial charge in [0.1, 0.15) is 12.1 Å². The van der Waals surface area contributed by atoms with E-state index in [1.165, 1.54) is 6.33 Å². The van der Waals surface area contributed by atoms with Crippen molar-refractivity contribution in [1.82, 2.24) is 9.97 Å². The number of aliphatic hydroxyl groups excluding tert-OH is 1. The van der Waals surface area contributed by atoms with E-state index in [0.717, 1.165) is 22.4 Å². The summed E-state index contributed by atoms with van der Waals surface area (Å²) in [5.74, 6) is 0.659. The number of nitrogens with one attached hydrogen (secondary N) is 1. The fourth-order valence-corrected chi connectivity index (χ4v) is 2.54. The van der Waals surface area contributed by atoms with Crippen molar-refractivity contribution in [2.24, 2.45) is 0 Å². The summed E-state index contributed by atoms with van der Waals surface area (Å²) in [7, 11) is 0. The highest BCUT2D eigenvalue weighted by Gasteiger charge is 2.08. The number of halogens is 1. The molecule has 3 aromatic rings. The predicted octanol–water partition coefficient (Wildman–Crippen LogP) is 4.25. The van der Waals surface area contributed by atoms with Crippen molar-refractivity contribution >= 4 is 17.4 Å². The molecule has 2 N–H and O–H groups in total. The van der Waals surface area contributed by atoms with Crippen molar-refractivity contribution < 1.29 is 5.11 Å². The molecule has 122 valence electrons. The zero-order valence-electron chi connectivity index (χ0n) is 13.3. The Kier molecular flexibility index (Phi) is 5.08. The van der Waals surface area contributed by atoms with E-state index >= 15 is 0 Å². The highest BCUT2D eigenvalue weighted by molar-refractivity contribution is 6.31. The first-order valence-electron chi connectivity index (χ1n) is 7.69. The molecule has 0 radical (unpaired) electrons. The van der Waals surface area contributed by atoms with Crippen LogP contribution >= 0.6 is 11.6 Å². The summed E-state index contributed by atoms with van der Waals surface area (Å²) in [4.78, 5) is 8.50. The minimum Gasteiger partial charge on any atom is -0.387 e. The summed E-state index contributed by atoms with van der Waals surface area (Å²) >= 11 is 6.18. The predicted molar refractivity (Wildman–Crippen MR) is 97.1 cm³/mol. The number of nitrogens with zero attached hydrogens (tertiary/aromatic N) is 2. The molecule has 0 bridgehead atoms. The van der Waals surface area contributed by atoms with Gasteiger partial charge in [-0.1, -0.05) is 54.1 Å². The summed E-state index contributed by atoms with van der Waals surface area (Å²) in [6, 6.07) is 17.2. The van der Waals surface area contributed by atoms with Crippen LogP contribution in [-0.4, -0.2) is 21.6 Å². The van der Waals surface area contributed by atoms with Crippen LogP contribution in [0.5, 0.6) is 0 Å². The Morgan fingerprint density at radius 3 is 2.62 bits per heavy atom. The van der Waals surface area contributed by atoms with E-state index in [9.17, 15) is 5.11 Å². The molecule has 0 amide bonds. The van der Waals surface area contributed by atoms with Gasteiger partial charge in [-0.3, -0.25) is 0 Å². The molecule has 0 saturated heterocycles. The van der Waals surface area contributed by atoms with Gasteiger partial charge in [-0.05, 0) is 24.1 Å². The summed E-state index contributed by atoms with van der Waals surface area (Å²) < 4.78 is 0. The molecular formula is C19H18ClN3O. The standard InChI is InChI=1S/C19H18ClN3O/c1-13-7-8-15(9-16(13)20)17-10-19(23-12-22-17)21-11-18(24)14-5-3-2-4-6-14/h2-10,12,18,24H,11H2,1H3,(H,21,22,23). The van der Waals surface area contributed by atoms with Gasteiger partial charge >= 0.3 is 0 Å². The Balaban J connectivity index is 1.72. The van der Waals surface area contributed by atoms with E-state index < -0.39 is 6.10 Å². The van der Waals surface area contributed by atoms with Crippen LogP contribution in [0.3, 0.4) is 0 Å². The minimum atomic E-state index is -0.599. The Morgan fingerprint density at radius 2 is 1.88 bits per heavy atom. The van der Waals surface area contributed by atoms with Crippen LogP contribution in [0.25, 0.3) is 11.3 Å². The number of hydrogen-bond donors (Lipinski definition) is 2. The van der Waals surface area contributed by atoms with E-state index in [0.29, 0.717) is 17.4 Å². The van der Waals surface area contributed by atoms with E-state index in [-0.39, 0.29) is 0 Å². The quantitative estimate of drug-likeness (QED) is 0.729. The molecular weight excluding hydrogens is 322 g/mol. The van der Waals surface area contributed by atoms with Gasteiger partial charge in [0.2, 0.25) is 0 Å². The number of aryl methyl sites for hydroxylation is 1. The van der Waals surface area contributed by atoms with Gasteiger partial charge in [0.15, 0.2) is 0 Å². The molecule has 0 fully saturated rings. The number of anilines is 1. The summed E-state index contributed by atoms with van der Waals surface area (Å²) in [5.41, 5.74) is 3.60. The van der Waals surface area contributed by atoms with Gasteiger partial charge in [0.25, 0.3) is 0 Å². The fourth-order valence-electron chi connectivity index (χ4n) is 2.36. The second-order valence-electron chi connectivity index (χ2n) is 5.56. The monoisotopic (exact) mass is 339 g/mol. The molecule has 0 spiro atoms. The van der Waals surface area contributed by atoms with Crippen LogP contribution in [0.15, 0.2) is 60.9 Å². The highest BCUT2D eigenvalue weighted by Crippen LogP contribution is 2.25. The lowest BCUT2D eigenvalue weighted by molar-refractivity contribution is 0.191. The molecule has 5 heteroatoms. The Hall–Kier alpha value is -2.43. The molecule has 0 aliphatic carbocycles. The zero-order chi connectivity index (χ0) is 16.9. The van der Waals surface area contributed by atoms with E-state index in [1.54, 1.807) is 0 Å². The molecule has 3 rings (SSSR count). The first-order valence-corrected chi connectivity index (χ1v) is 8.07. The van der Waals surface area contributed by atoms with Gasteiger partial charge in [0, 0.05) is 23.2 Å².